The summed E-state index contributed by atoms with van der Waals surface area (Å²) in [5.41, 5.74) is 8.40. The first-order valence-electron chi connectivity index (χ1n) is 21.4. The van der Waals surface area contributed by atoms with Gasteiger partial charge in [0.1, 0.15) is 22.1 Å². The number of rotatable bonds is 0. The van der Waals surface area contributed by atoms with E-state index in [1.54, 1.807) is 0 Å². The molecule has 6 aromatic heterocycles. The molecular formula is C55H33Cl3N6O4Pt2S4-6. The second-order valence-electron chi connectivity index (χ2n) is 14.6. The van der Waals surface area contributed by atoms with Crippen LogP contribution in [0, 0.1) is 12.1 Å². The molecule has 0 N–H and O–H groups in total. The average molecular weight is 1470 g/mol. The van der Waals surface area contributed by atoms with E-state index >= 15 is 0 Å². The number of oxazole rings is 4. The first-order valence-corrected chi connectivity index (χ1v) is 24.3. The topological polar surface area (TPSA) is 130 Å². The summed E-state index contributed by atoms with van der Waals surface area (Å²) in [6.45, 7) is 0. The van der Waals surface area contributed by atoms with Gasteiger partial charge in [-0.2, -0.15) is 0 Å². The molecule has 14 aromatic rings. The van der Waals surface area contributed by atoms with E-state index in [-0.39, 0.29) is 42.1 Å². The van der Waals surface area contributed by atoms with Gasteiger partial charge in [-0.25, -0.2) is 19.9 Å². The third kappa shape index (κ3) is 16.1. The van der Waals surface area contributed by atoms with Gasteiger partial charge in [0.25, 0.3) is 0 Å². The van der Waals surface area contributed by atoms with E-state index in [0.717, 1.165) is 66.2 Å². The maximum atomic E-state index is 5.07. The Hall–Kier alpha value is -5.89. The largest absolute Gasteiger partial charge is 0.721 e. The van der Waals surface area contributed by atoms with Crippen LogP contribution in [0.15, 0.2) is 233 Å². The van der Waals surface area contributed by atoms with Crippen molar-refractivity contribution in [3.63, 3.8) is 0 Å². The van der Waals surface area contributed by atoms with Crippen LogP contribution in [0.1, 0.15) is 0 Å². The summed E-state index contributed by atoms with van der Waals surface area (Å²) in [5.74, 6) is 0. The van der Waals surface area contributed by atoms with Crippen LogP contribution in [-0.2, 0) is 92.6 Å². The number of nitrogens with zero attached hydrogens (tertiary/aromatic N) is 6. The maximum Gasteiger partial charge on any atom is 0.180 e. The molecule has 6 heterocycles. The Kier molecular flexibility index (Phi) is 22.2. The minimum atomic E-state index is -0.750. The van der Waals surface area contributed by atoms with Crippen LogP contribution >= 0.6 is 34.8 Å². The molecular weight excluding hydrogens is 1430 g/mol. The molecule has 0 atom stereocenters. The molecule has 0 fully saturated rings. The molecule has 0 aliphatic rings. The van der Waals surface area contributed by atoms with E-state index in [1.165, 1.54) is 21.5 Å². The van der Waals surface area contributed by atoms with Crippen LogP contribution in [0.5, 0.6) is 0 Å². The minimum absolute atomic E-state index is 0. The SMILES string of the molecule is ClC(Cl)Cl.[Pt].[Pt].[S-]c1nc2ccccc2o1.[S-]c1nc2ccccc2o1.[S-]c1nc2ccccc2o1.[S-]c1nc2ccccc2o1.[c-]1cccc2ccc3cccnc3c12.[c-]1cccc2ccc3cccnc3c12. The van der Waals surface area contributed by atoms with Crippen molar-refractivity contribution in [3.05, 3.63) is 207 Å². The van der Waals surface area contributed by atoms with Gasteiger partial charge in [-0.3, -0.25) is 0 Å². The van der Waals surface area contributed by atoms with Gasteiger partial charge >= 0.3 is 0 Å². The fraction of sp³-hybridized carbons (Fsp3) is 0.0182. The molecule has 14 rings (SSSR count). The molecule has 0 aliphatic heterocycles. The molecule has 0 spiro atoms. The number of benzene rings is 8. The Labute approximate surface area is 489 Å². The fourth-order valence-corrected chi connectivity index (χ4v) is 7.63. The number of alkyl halides is 3. The maximum absolute atomic E-state index is 5.07. The Morgan fingerprint density at radius 1 is 0.351 bits per heavy atom. The number of para-hydroxylation sites is 8. The number of aromatic nitrogens is 6. The predicted molar refractivity (Wildman–Crippen MR) is 296 cm³/mol. The Bertz CT molecular complexity index is 3370. The van der Waals surface area contributed by atoms with E-state index < -0.39 is 4.30 Å². The number of hydrogen-bond donors (Lipinski definition) is 0. The van der Waals surface area contributed by atoms with E-state index in [1.807, 2.05) is 146 Å². The van der Waals surface area contributed by atoms with Gasteiger partial charge in [-0.15, -0.1) is 70.1 Å². The zero-order chi connectivity index (χ0) is 50.2. The molecule has 0 saturated heterocycles. The van der Waals surface area contributed by atoms with E-state index in [2.05, 4.69) is 90.6 Å². The molecule has 0 amide bonds. The van der Waals surface area contributed by atoms with Crippen molar-refractivity contribution in [3.8, 4) is 0 Å². The van der Waals surface area contributed by atoms with Crippen molar-refractivity contribution in [2.75, 3.05) is 0 Å². The summed E-state index contributed by atoms with van der Waals surface area (Å²) < 4.78 is 19.5. The number of fused-ring (bicyclic) bond motifs is 10. The monoisotopic (exact) mass is 1460 g/mol. The van der Waals surface area contributed by atoms with Gasteiger partial charge in [0, 0.05) is 54.5 Å². The third-order valence-electron chi connectivity index (χ3n) is 9.91. The molecule has 0 bridgehead atoms. The Balaban J connectivity index is 0.000000143. The summed E-state index contributed by atoms with van der Waals surface area (Å²) in [7, 11) is 0. The predicted octanol–water partition coefficient (Wildman–Crippen LogP) is 15.3. The molecule has 0 radical (unpaired) electrons. The van der Waals surface area contributed by atoms with Gasteiger partial charge in [-0.05, 0) is 82.5 Å². The molecule has 0 aliphatic carbocycles. The van der Waals surface area contributed by atoms with Crippen molar-refractivity contribution in [2.45, 2.75) is 25.2 Å². The van der Waals surface area contributed by atoms with Crippen molar-refractivity contribution in [2.24, 2.45) is 0 Å². The summed E-state index contributed by atoms with van der Waals surface area (Å²) in [4.78, 5) is 24.6. The zero-order valence-corrected chi connectivity index (χ0v) is 47.8. The smallest absolute Gasteiger partial charge is 0.180 e. The summed E-state index contributed by atoms with van der Waals surface area (Å²) >= 11 is 33.4. The van der Waals surface area contributed by atoms with Gasteiger partial charge in [0.2, 0.25) is 0 Å². The number of hydrogen-bond acceptors (Lipinski definition) is 14. The summed E-state index contributed by atoms with van der Waals surface area (Å²) in [6, 6.07) is 65.0. The van der Waals surface area contributed by atoms with Crippen molar-refractivity contribution in [1.29, 1.82) is 0 Å². The average Bonchev–Trinajstić information content (AvgIpc) is 4.19. The molecule has 8 aromatic carbocycles. The van der Waals surface area contributed by atoms with Crippen LogP contribution in [0.2, 0.25) is 0 Å². The standard InChI is InChI=1S/2C13H8N.4C7H5NOS.CHCl3.2Pt/c2*1-2-6-12-10(4-1)7-8-11-5-3-9-14-13(11)12;4*10-7-8-5-3-1-2-4-6(5)9-7;2-1(3)4;;/h2*1-5,7-9H;4*1-4H,(H,8,10);1H;;/q2*-1;;;;;;;/p-4. The molecule has 0 saturated carbocycles. The Morgan fingerprint density at radius 2 is 0.622 bits per heavy atom. The fourth-order valence-electron chi connectivity index (χ4n) is 6.87. The zero-order valence-electron chi connectivity index (χ0n) is 37.8. The second kappa shape index (κ2) is 28.7. The van der Waals surface area contributed by atoms with Gasteiger partial charge in [-0.1, -0.05) is 120 Å². The van der Waals surface area contributed by atoms with Gasteiger partial charge in [0.15, 0.2) is 26.6 Å². The van der Waals surface area contributed by atoms with Crippen molar-refractivity contribution < 1.29 is 59.8 Å². The van der Waals surface area contributed by atoms with E-state index in [0.29, 0.717) is 20.9 Å². The van der Waals surface area contributed by atoms with Crippen LogP contribution in [0.4, 0.5) is 0 Å². The van der Waals surface area contributed by atoms with Crippen molar-refractivity contribution >= 4 is 173 Å². The van der Waals surface area contributed by atoms with Crippen LogP contribution in [0.3, 0.4) is 0 Å². The van der Waals surface area contributed by atoms with Crippen LogP contribution in [0.25, 0.3) is 87.7 Å². The molecule has 74 heavy (non-hydrogen) atoms. The minimum Gasteiger partial charge on any atom is -0.721 e. The third-order valence-corrected chi connectivity index (χ3v) is 10.6. The van der Waals surface area contributed by atoms with Crippen molar-refractivity contribution in [1.82, 2.24) is 29.9 Å². The van der Waals surface area contributed by atoms with Crippen LogP contribution in [-0.4, -0.2) is 34.2 Å². The van der Waals surface area contributed by atoms with E-state index in [4.69, 9.17) is 103 Å². The van der Waals surface area contributed by atoms with Gasteiger partial charge in [0.05, 0.1) is 20.9 Å². The first kappa shape index (κ1) is 57.4. The molecule has 0 unspecified atom stereocenters. The van der Waals surface area contributed by atoms with Crippen LogP contribution < -0.4 is 0 Å². The number of pyridine rings is 2. The Morgan fingerprint density at radius 3 is 0.919 bits per heavy atom. The molecule has 10 nitrogen and oxygen atoms in total. The summed E-state index contributed by atoms with van der Waals surface area (Å²) in [5, 5.41) is 8.16. The second-order valence-corrected chi connectivity index (χ2v) is 18.0. The normalized spacial score (nSPS) is 10.2. The quantitative estimate of drug-likeness (QED) is 0.0618. The van der Waals surface area contributed by atoms with Gasteiger partial charge < -0.3 is 78.2 Å². The summed E-state index contributed by atoms with van der Waals surface area (Å²) in [6.07, 6.45) is 3.64. The first-order chi connectivity index (χ1) is 35.1. The molecule has 378 valence electrons. The van der Waals surface area contributed by atoms with E-state index in [9.17, 15) is 0 Å². The molecule has 19 heteroatoms. The number of halogens is 3.